The number of rotatable bonds is 7. The molecule has 0 atom stereocenters. The van der Waals surface area contributed by atoms with Crippen LogP contribution in [0.25, 0.3) is 33.9 Å². The molecule has 0 radical (unpaired) electrons. The Hall–Kier alpha value is -3.94. The van der Waals surface area contributed by atoms with Crippen molar-refractivity contribution in [2.24, 2.45) is 5.41 Å². The molecule has 0 saturated heterocycles. The molecular formula is C22H18N4O4. The van der Waals surface area contributed by atoms with Gasteiger partial charge in [-0.3, -0.25) is 9.78 Å². The average Bonchev–Trinajstić information content (AvgIpc) is 3.19. The van der Waals surface area contributed by atoms with E-state index in [0.29, 0.717) is 30.1 Å². The zero-order chi connectivity index (χ0) is 20.6. The molecule has 1 aliphatic carbocycles. The molecule has 3 aromatic heterocycles. The van der Waals surface area contributed by atoms with Crippen LogP contribution in [-0.2, 0) is 4.79 Å². The van der Waals surface area contributed by atoms with Crippen LogP contribution in [0, 0.1) is 5.41 Å². The van der Waals surface area contributed by atoms with E-state index >= 15 is 0 Å². The molecule has 0 amide bonds. The van der Waals surface area contributed by atoms with Gasteiger partial charge in [0.1, 0.15) is 5.69 Å². The summed E-state index contributed by atoms with van der Waals surface area (Å²) in [4.78, 5) is 24.2. The SMILES string of the molecule is O=C(O)C1(CNc2nc(-c3ccc(-c4cnco4)cc3)c(-c3cccnc3)o2)CC1. The summed E-state index contributed by atoms with van der Waals surface area (Å²) in [5.74, 6) is 0.454. The van der Waals surface area contributed by atoms with Crippen molar-refractivity contribution in [3.63, 3.8) is 0 Å². The first kappa shape index (κ1) is 18.1. The minimum atomic E-state index is -0.794. The van der Waals surface area contributed by atoms with Gasteiger partial charge in [-0.2, -0.15) is 4.98 Å². The van der Waals surface area contributed by atoms with E-state index in [0.717, 1.165) is 16.7 Å². The molecule has 2 N–H and O–H groups in total. The molecule has 1 saturated carbocycles. The van der Waals surface area contributed by atoms with Crippen LogP contribution < -0.4 is 5.32 Å². The highest BCUT2D eigenvalue weighted by atomic mass is 16.4. The molecule has 0 spiro atoms. The molecule has 0 aliphatic heterocycles. The second-order valence-corrected chi connectivity index (χ2v) is 7.32. The Balaban J connectivity index is 1.48. The van der Waals surface area contributed by atoms with Crippen molar-refractivity contribution in [3.05, 3.63) is 61.4 Å². The lowest BCUT2D eigenvalue weighted by Crippen LogP contribution is -2.24. The lowest BCUT2D eigenvalue weighted by Gasteiger charge is -2.08. The van der Waals surface area contributed by atoms with Crippen LogP contribution in [0.2, 0.25) is 0 Å². The Morgan fingerprint density at radius 1 is 1.07 bits per heavy atom. The highest BCUT2D eigenvalue weighted by molar-refractivity contribution is 5.80. The molecule has 150 valence electrons. The quantitative estimate of drug-likeness (QED) is 0.469. The number of carboxylic acid groups (broad SMARTS) is 1. The summed E-state index contributed by atoms with van der Waals surface area (Å²) in [6.45, 7) is 0.277. The number of nitrogens with zero attached hydrogens (tertiary/aromatic N) is 3. The number of oxazole rings is 2. The highest BCUT2D eigenvalue weighted by Crippen LogP contribution is 2.46. The van der Waals surface area contributed by atoms with Gasteiger partial charge in [-0.25, -0.2) is 4.98 Å². The average molecular weight is 402 g/mol. The van der Waals surface area contributed by atoms with Crippen LogP contribution in [0.1, 0.15) is 12.8 Å². The van der Waals surface area contributed by atoms with Crippen LogP contribution in [-0.4, -0.2) is 32.6 Å². The summed E-state index contributed by atoms with van der Waals surface area (Å²) in [5, 5.41) is 12.5. The molecule has 0 bridgehead atoms. The van der Waals surface area contributed by atoms with Crippen LogP contribution in [0.5, 0.6) is 0 Å². The van der Waals surface area contributed by atoms with Gasteiger partial charge in [-0.15, -0.1) is 0 Å². The van der Waals surface area contributed by atoms with E-state index in [9.17, 15) is 9.90 Å². The Kier molecular flexibility index (Phi) is 4.31. The molecule has 1 fully saturated rings. The molecule has 5 rings (SSSR count). The molecule has 8 nitrogen and oxygen atoms in total. The van der Waals surface area contributed by atoms with Gasteiger partial charge in [0.15, 0.2) is 17.9 Å². The Morgan fingerprint density at radius 2 is 1.87 bits per heavy atom. The standard InChI is InChI=1S/C22H18N4O4/c27-20(28)22(7-8-22)12-25-21-26-18(19(30-21)16-2-1-9-23-10-16)15-5-3-14(4-6-15)17-11-24-13-29-17/h1-6,9-11,13H,7-8,12H2,(H,25,26)(H,27,28). The lowest BCUT2D eigenvalue weighted by atomic mass is 10.0. The van der Waals surface area contributed by atoms with Gasteiger partial charge in [0.05, 0.1) is 11.6 Å². The number of carboxylic acids is 1. The third-order valence-corrected chi connectivity index (χ3v) is 5.31. The first-order valence-electron chi connectivity index (χ1n) is 9.52. The monoisotopic (exact) mass is 402 g/mol. The van der Waals surface area contributed by atoms with Gasteiger partial charge < -0.3 is 19.3 Å². The van der Waals surface area contributed by atoms with E-state index in [1.165, 1.54) is 6.39 Å². The van der Waals surface area contributed by atoms with Crippen molar-refractivity contribution in [3.8, 4) is 33.9 Å². The summed E-state index contributed by atoms with van der Waals surface area (Å²) in [5.41, 5.74) is 2.47. The van der Waals surface area contributed by atoms with E-state index in [-0.39, 0.29) is 12.6 Å². The number of pyridine rings is 1. The summed E-state index contributed by atoms with van der Waals surface area (Å²) in [6, 6.07) is 11.7. The number of aromatic nitrogens is 3. The Labute approximate surface area is 171 Å². The molecule has 8 heteroatoms. The fourth-order valence-corrected chi connectivity index (χ4v) is 3.30. The molecule has 0 unspecified atom stereocenters. The Morgan fingerprint density at radius 3 is 2.50 bits per heavy atom. The van der Waals surface area contributed by atoms with Gasteiger partial charge in [0.2, 0.25) is 0 Å². The highest BCUT2D eigenvalue weighted by Gasteiger charge is 2.50. The van der Waals surface area contributed by atoms with E-state index in [1.807, 2.05) is 36.4 Å². The smallest absolute Gasteiger partial charge is 0.311 e. The number of hydrogen-bond acceptors (Lipinski definition) is 7. The largest absolute Gasteiger partial charge is 0.481 e. The van der Waals surface area contributed by atoms with Gasteiger partial charge >= 0.3 is 5.97 Å². The van der Waals surface area contributed by atoms with Crippen LogP contribution in [0.4, 0.5) is 6.01 Å². The van der Waals surface area contributed by atoms with Crippen LogP contribution in [0.3, 0.4) is 0 Å². The number of nitrogens with one attached hydrogen (secondary N) is 1. The first-order chi connectivity index (χ1) is 14.6. The number of hydrogen-bond donors (Lipinski definition) is 2. The topological polar surface area (TPSA) is 114 Å². The summed E-state index contributed by atoms with van der Waals surface area (Å²) >= 11 is 0. The molecule has 1 aromatic carbocycles. The van der Waals surface area contributed by atoms with Crippen LogP contribution >= 0.6 is 0 Å². The minimum absolute atomic E-state index is 0.277. The third-order valence-electron chi connectivity index (χ3n) is 5.31. The molecule has 30 heavy (non-hydrogen) atoms. The molecule has 3 heterocycles. The zero-order valence-corrected chi connectivity index (χ0v) is 15.9. The van der Waals surface area contributed by atoms with Crippen molar-refractivity contribution in [1.29, 1.82) is 0 Å². The second-order valence-electron chi connectivity index (χ2n) is 7.32. The van der Waals surface area contributed by atoms with Crippen molar-refractivity contribution in [2.45, 2.75) is 12.8 Å². The van der Waals surface area contributed by atoms with E-state index in [2.05, 4.69) is 20.3 Å². The number of anilines is 1. The zero-order valence-electron chi connectivity index (χ0n) is 15.9. The summed E-state index contributed by atoms with van der Waals surface area (Å²) in [6.07, 6.45) is 7.75. The summed E-state index contributed by atoms with van der Waals surface area (Å²) < 4.78 is 11.3. The fraction of sp³-hybridized carbons (Fsp3) is 0.182. The molecule has 1 aliphatic rings. The maximum absolute atomic E-state index is 11.4. The van der Waals surface area contributed by atoms with Gasteiger partial charge in [-0.1, -0.05) is 24.3 Å². The first-order valence-corrected chi connectivity index (χ1v) is 9.52. The van der Waals surface area contributed by atoms with E-state index < -0.39 is 11.4 Å². The maximum atomic E-state index is 11.4. The summed E-state index contributed by atoms with van der Waals surface area (Å²) in [7, 11) is 0. The Bertz CT molecular complexity index is 1160. The molecular weight excluding hydrogens is 384 g/mol. The van der Waals surface area contributed by atoms with Crippen molar-refractivity contribution in [1.82, 2.24) is 15.0 Å². The number of aliphatic carboxylic acids is 1. The number of carbonyl (C=O) groups is 1. The third kappa shape index (κ3) is 3.32. The number of benzene rings is 1. The second kappa shape index (κ2) is 7.14. The van der Waals surface area contributed by atoms with Crippen molar-refractivity contribution in [2.75, 3.05) is 11.9 Å². The van der Waals surface area contributed by atoms with Gasteiger partial charge in [0.25, 0.3) is 6.01 Å². The lowest BCUT2D eigenvalue weighted by molar-refractivity contribution is -0.142. The van der Waals surface area contributed by atoms with Gasteiger partial charge in [0, 0.05) is 35.6 Å². The minimum Gasteiger partial charge on any atom is -0.481 e. The van der Waals surface area contributed by atoms with E-state index in [1.54, 1.807) is 18.6 Å². The normalized spacial score (nSPS) is 14.4. The van der Waals surface area contributed by atoms with Crippen molar-refractivity contribution < 1.29 is 18.7 Å². The maximum Gasteiger partial charge on any atom is 0.311 e. The predicted octanol–water partition coefficient (Wildman–Crippen LogP) is 4.34. The predicted molar refractivity (Wildman–Crippen MR) is 108 cm³/mol. The van der Waals surface area contributed by atoms with E-state index in [4.69, 9.17) is 8.83 Å². The van der Waals surface area contributed by atoms with Crippen molar-refractivity contribution >= 4 is 12.0 Å². The van der Waals surface area contributed by atoms with Gasteiger partial charge in [-0.05, 0) is 25.0 Å². The van der Waals surface area contributed by atoms with Crippen LogP contribution in [0.15, 0.2) is 70.2 Å². The fourth-order valence-electron chi connectivity index (χ4n) is 3.30. The molecule has 4 aromatic rings.